The predicted octanol–water partition coefficient (Wildman–Crippen LogP) is 0.936. The van der Waals surface area contributed by atoms with Gasteiger partial charge in [-0.1, -0.05) is 19.4 Å². The number of fused-ring (bicyclic) bond motifs is 5. The van der Waals surface area contributed by atoms with Crippen molar-refractivity contribution < 1.29 is 25.2 Å². The van der Waals surface area contributed by atoms with E-state index in [9.17, 15) is 25.2 Å². The molecule has 0 aromatic carbocycles. The van der Waals surface area contributed by atoms with Gasteiger partial charge in [-0.3, -0.25) is 4.79 Å². The highest BCUT2D eigenvalue weighted by Crippen LogP contribution is 2.66. The van der Waals surface area contributed by atoms with E-state index in [1.165, 1.54) is 0 Å². The molecule has 4 aliphatic rings. The molecule has 0 radical (unpaired) electrons. The molecule has 0 bridgehead atoms. The summed E-state index contributed by atoms with van der Waals surface area (Å²) in [6, 6.07) is 0. The Kier molecular flexibility index (Phi) is 3.42. The van der Waals surface area contributed by atoms with Crippen LogP contribution in [0.5, 0.6) is 0 Å². The molecule has 4 rings (SSSR count). The highest BCUT2D eigenvalue weighted by Gasteiger charge is 2.71. The van der Waals surface area contributed by atoms with E-state index < -0.39 is 35.2 Å². The van der Waals surface area contributed by atoms with Crippen LogP contribution in [-0.2, 0) is 4.79 Å². The quantitative estimate of drug-likeness (QED) is 0.528. The van der Waals surface area contributed by atoms with Crippen LogP contribution in [0.2, 0.25) is 0 Å². The number of rotatable bonds is 0. The molecule has 3 saturated carbocycles. The highest BCUT2D eigenvalue weighted by molar-refractivity contribution is 5.91. The minimum Gasteiger partial charge on any atom is -0.392 e. The average Bonchev–Trinajstić information content (AvgIpc) is 2.69. The van der Waals surface area contributed by atoms with Gasteiger partial charge in [-0.2, -0.15) is 0 Å². The van der Waals surface area contributed by atoms with Gasteiger partial charge in [0.2, 0.25) is 0 Å². The number of hydrogen-bond acceptors (Lipinski definition) is 5. The number of carbonyl (C=O) groups excluding carboxylic acids is 1. The van der Waals surface area contributed by atoms with Gasteiger partial charge in [0, 0.05) is 24.2 Å². The zero-order chi connectivity index (χ0) is 17.5. The molecule has 0 spiro atoms. The van der Waals surface area contributed by atoms with E-state index in [4.69, 9.17) is 0 Å². The molecule has 0 aromatic heterocycles. The summed E-state index contributed by atoms with van der Waals surface area (Å²) in [5.41, 5.74) is -1.50. The van der Waals surface area contributed by atoms with Gasteiger partial charge in [0.15, 0.2) is 5.78 Å². The van der Waals surface area contributed by atoms with Gasteiger partial charge in [0.1, 0.15) is 5.60 Å². The first kappa shape index (κ1) is 16.7. The number of ketones is 1. The molecule has 3 fully saturated rings. The molecule has 0 aliphatic heterocycles. The Morgan fingerprint density at radius 2 is 1.83 bits per heavy atom. The number of carbonyl (C=O) groups is 1. The summed E-state index contributed by atoms with van der Waals surface area (Å²) in [7, 11) is 0. The summed E-state index contributed by atoms with van der Waals surface area (Å²) >= 11 is 0. The minimum atomic E-state index is -1.48. The molecule has 134 valence electrons. The summed E-state index contributed by atoms with van der Waals surface area (Å²) < 4.78 is 0. The molecule has 24 heavy (non-hydrogen) atoms. The first-order valence-electron chi connectivity index (χ1n) is 9.15. The van der Waals surface area contributed by atoms with E-state index in [0.29, 0.717) is 19.3 Å². The number of aliphatic hydroxyl groups excluding tert-OH is 3. The largest absolute Gasteiger partial charge is 0.392 e. The van der Waals surface area contributed by atoms with Crippen LogP contribution in [0.4, 0.5) is 0 Å². The molecule has 0 aromatic rings. The SMILES string of the molecule is CC12CC[C@H]3C([C@@H](O)CC4=CC(=O)CC[C@@]43C)[C@]1(O)[C@H](O)C[C@@H]2O. The summed E-state index contributed by atoms with van der Waals surface area (Å²) in [5.74, 6) is -0.346. The standard InChI is InChI=1S/C19H28O5/c1-17-5-3-11(20)7-10(17)8-13(21)16-12(17)4-6-18(2)14(22)9-15(23)19(16,18)24/h7,12-16,21-24H,3-6,8-9H2,1-2H3/t12-,13-,14-,15+,16?,17-,18?,19+/m0/s1. The lowest BCUT2D eigenvalue weighted by molar-refractivity contribution is -0.245. The van der Waals surface area contributed by atoms with E-state index in [2.05, 4.69) is 6.92 Å². The van der Waals surface area contributed by atoms with Crippen molar-refractivity contribution in [3.63, 3.8) is 0 Å². The van der Waals surface area contributed by atoms with Gasteiger partial charge in [-0.25, -0.2) is 0 Å². The molecule has 0 saturated heterocycles. The van der Waals surface area contributed by atoms with Gasteiger partial charge in [0.05, 0.1) is 18.3 Å². The predicted molar refractivity (Wildman–Crippen MR) is 87.0 cm³/mol. The summed E-state index contributed by atoms with van der Waals surface area (Å²) in [6.07, 6.45) is 2.26. The lowest BCUT2D eigenvalue weighted by Crippen LogP contribution is -2.68. The third-order valence-electron chi connectivity index (χ3n) is 8.14. The highest BCUT2D eigenvalue weighted by atomic mass is 16.4. The Labute approximate surface area is 142 Å². The molecule has 5 nitrogen and oxygen atoms in total. The van der Waals surface area contributed by atoms with Crippen molar-refractivity contribution in [3.8, 4) is 0 Å². The molecular weight excluding hydrogens is 308 g/mol. The molecule has 4 aliphatic carbocycles. The summed E-state index contributed by atoms with van der Waals surface area (Å²) in [4.78, 5) is 11.8. The Morgan fingerprint density at radius 1 is 1.12 bits per heavy atom. The third-order valence-corrected chi connectivity index (χ3v) is 8.14. The van der Waals surface area contributed by atoms with Crippen molar-refractivity contribution in [2.24, 2.45) is 22.7 Å². The summed E-state index contributed by atoms with van der Waals surface area (Å²) in [5, 5.41) is 43.5. The fourth-order valence-corrected chi connectivity index (χ4v) is 6.53. The van der Waals surface area contributed by atoms with Crippen molar-refractivity contribution in [3.05, 3.63) is 11.6 Å². The van der Waals surface area contributed by atoms with E-state index in [-0.39, 0.29) is 23.5 Å². The van der Waals surface area contributed by atoms with Crippen LogP contribution < -0.4 is 0 Å². The fourth-order valence-electron chi connectivity index (χ4n) is 6.53. The van der Waals surface area contributed by atoms with Gasteiger partial charge in [0.25, 0.3) is 0 Å². The first-order valence-corrected chi connectivity index (χ1v) is 9.15. The lowest BCUT2D eigenvalue weighted by atomic mass is 9.45. The second-order valence-corrected chi connectivity index (χ2v) is 9.01. The average molecular weight is 336 g/mol. The zero-order valence-electron chi connectivity index (χ0n) is 14.4. The smallest absolute Gasteiger partial charge is 0.155 e. The van der Waals surface area contributed by atoms with Crippen LogP contribution >= 0.6 is 0 Å². The molecule has 5 heteroatoms. The van der Waals surface area contributed by atoms with Gasteiger partial charge in [-0.05, 0) is 43.1 Å². The normalized spacial score (nSPS) is 57.0. The molecule has 4 N–H and O–H groups in total. The second kappa shape index (κ2) is 4.91. The van der Waals surface area contributed by atoms with Gasteiger partial charge < -0.3 is 20.4 Å². The van der Waals surface area contributed by atoms with Crippen molar-refractivity contribution in [1.82, 2.24) is 0 Å². The van der Waals surface area contributed by atoms with Crippen molar-refractivity contribution >= 4 is 5.78 Å². The van der Waals surface area contributed by atoms with Crippen molar-refractivity contribution in [1.29, 1.82) is 0 Å². The Bertz CT molecular complexity index is 615. The maximum absolute atomic E-state index is 11.8. The number of aliphatic hydroxyl groups is 4. The maximum atomic E-state index is 11.8. The topological polar surface area (TPSA) is 98.0 Å². The Balaban J connectivity index is 1.82. The minimum absolute atomic E-state index is 0.0126. The van der Waals surface area contributed by atoms with Crippen LogP contribution in [0.15, 0.2) is 11.6 Å². The van der Waals surface area contributed by atoms with Gasteiger partial charge >= 0.3 is 0 Å². The fraction of sp³-hybridized carbons (Fsp3) is 0.842. The number of hydrogen-bond donors (Lipinski definition) is 4. The lowest BCUT2D eigenvalue weighted by Gasteiger charge is -2.62. The molecule has 2 unspecified atom stereocenters. The first-order chi connectivity index (χ1) is 11.1. The van der Waals surface area contributed by atoms with Crippen LogP contribution in [-0.4, -0.2) is 50.1 Å². The van der Waals surface area contributed by atoms with E-state index in [0.717, 1.165) is 18.4 Å². The van der Waals surface area contributed by atoms with E-state index >= 15 is 0 Å². The molecule has 0 amide bonds. The zero-order valence-corrected chi connectivity index (χ0v) is 14.4. The maximum Gasteiger partial charge on any atom is 0.155 e. The Hall–Kier alpha value is -0.750. The van der Waals surface area contributed by atoms with Crippen LogP contribution in [0, 0.1) is 22.7 Å². The summed E-state index contributed by atoms with van der Waals surface area (Å²) in [6.45, 7) is 3.98. The van der Waals surface area contributed by atoms with Crippen molar-refractivity contribution in [2.45, 2.75) is 76.3 Å². The van der Waals surface area contributed by atoms with Crippen LogP contribution in [0.3, 0.4) is 0 Å². The van der Waals surface area contributed by atoms with Crippen molar-refractivity contribution in [2.75, 3.05) is 0 Å². The van der Waals surface area contributed by atoms with E-state index in [1.807, 2.05) is 6.92 Å². The molecule has 8 atom stereocenters. The van der Waals surface area contributed by atoms with E-state index in [1.54, 1.807) is 6.08 Å². The molecule has 0 heterocycles. The third kappa shape index (κ3) is 1.77. The van der Waals surface area contributed by atoms with Crippen LogP contribution in [0.25, 0.3) is 0 Å². The van der Waals surface area contributed by atoms with Gasteiger partial charge in [-0.15, -0.1) is 0 Å². The monoisotopic (exact) mass is 336 g/mol. The Morgan fingerprint density at radius 3 is 2.54 bits per heavy atom. The molecular formula is C19H28O5. The van der Waals surface area contributed by atoms with Crippen LogP contribution in [0.1, 0.15) is 52.4 Å². The second-order valence-electron chi connectivity index (χ2n) is 9.01.